The Morgan fingerprint density at radius 1 is 1.33 bits per heavy atom. The first kappa shape index (κ1) is 12.5. The van der Waals surface area contributed by atoms with Gasteiger partial charge >= 0.3 is 12.1 Å². The molecule has 0 saturated heterocycles. The zero-order valence-corrected chi connectivity index (χ0v) is 9.56. The second-order valence-corrected chi connectivity index (χ2v) is 3.95. The van der Waals surface area contributed by atoms with Gasteiger partial charge in [-0.2, -0.15) is 13.2 Å². The highest BCUT2D eigenvalue weighted by Gasteiger charge is 2.38. The Morgan fingerprint density at radius 3 is 2.67 bits per heavy atom. The van der Waals surface area contributed by atoms with E-state index in [1.807, 2.05) is 17.4 Å². The number of nitrogens with one attached hydrogen (secondary N) is 2. The lowest BCUT2D eigenvalue weighted by Gasteiger charge is -2.07. The van der Waals surface area contributed by atoms with E-state index in [1.165, 1.54) is 0 Å². The van der Waals surface area contributed by atoms with E-state index in [0.717, 1.165) is 16.6 Å². The van der Waals surface area contributed by atoms with Gasteiger partial charge < -0.3 is 10.3 Å². The van der Waals surface area contributed by atoms with Crippen LogP contribution in [0.5, 0.6) is 0 Å². The Morgan fingerprint density at radius 2 is 2.00 bits per heavy atom. The molecule has 1 amide bonds. The molecule has 0 saturated carbocycles. The SMILES string of the molecule is Cc1[nH]c2ccccc2c1CNC(=O)C(F)(F)F. The molecule has 2 rings (SSSR count). The third kappa shape index (κ3) is 2.32. The number of fused-ring (bicyclic) bond motifs is 1. The Kier molecular flexibility index (Phi) is 3.02. The van der Waals surface area contributed by atoms with Crippen LogP contribution in [-0.2, 0) is 11.3 Å². The van der Waals surface area contributed by atoms with Crippen molar-refractivity contribution in [2.75, 3.05) is 0 Å². The van der Waals surface area contributed by atoms with Gasteiger partial charge in [-0.25, -0.2) is 0 Å². The monoisotopic (exact) mass is 256 g/mol. The predicted molar refractivity (Wildman–Crippen MR) is 60.9 cm³/mol. The molecule has 0 unspecified atom stereocenters. The van der Waals surface area contributed by atoms with Crippen LogP contribution in [0.3, 0.4) is 0 Å². The van der Waals surface area contributed by atoms with Crippen LogP contribution >= 0.6 is 0 Å². The highest BCUT2D eigenvalue weighted by Crippen LogP contribution is 2.22. The lowest BCUT2D eigenvalue weighted by atomic mass is 10.1. The van der Waals surface area contributed by atoms with Crippen LogP contribution < -0.4 is 5.32 Å². The number of para-hydroxylation sites is 1. The number of aromatic amines is 1. The van der Waals surface area contributed by atoms with Crippen LogP contribution in [0.25, 0.3) is 10.9 Å². The second-order valence-electron chi connectivity index (χ2n) is 3.95. The summed E-state index contributed by atoms with van der Waals surface area (Å²) in [7, 11) is 0. The molecule has 0 fully saturated rings. The van der Waals surface area contributed by atoms with E-state index in [1.54, 1.807) is 19.1 Å². The van der Waals surface area contributed by atoms with E-state index in [0.29, 0.717) is 5.56 Å². The molecule has 0 atom stereocenters. The summed E-state index contributed by atoms with van der Waals surface area (Å²) in [5.41, 5.74) is 2.26. The first-order chi connectivity index (χ1) is 8.39. The maximum absolute atomic E-state index is 12.1. The Bertz CT molecular complexity index is 587. The molecule has 0 bridgehead atoms. The summed E-state index contributed by atoms with van der Waals surface area (Å²) in [5, 5.41) is 2.69. The standard InChI is InChI=1S/C12H11F3N2O/c1-7-9(6-16-11(18)12(13,14)15)8-4-2-3-5-10(8)17-7/h2-5,17H,6H2,1H3,(H,16,18). The fourth-order valence-corrected chi connectivity index (χ4v) is 1.83. The molecule has 0 radical (unpaired) electrons. The van der Waals surface area contributed by atoms with Crippen LogP contribution in [0.4, 0.5) is 13.2 Å². The minimum atomic E-state index is -4.85. The first-order valence-electron chi connectivity index (χ1n) is 5.31. The van der Waals surface area contributed by atoms with Crippen LogP contribution in [-0.4, -0.2) is 17.1 Å². The van der Waals surface area contributed by atoms with Gasteiger partial charge in [-0.05, 0) is 18.6 Å². The summed E-state index contributed by atoms with van der Waals surface area (Å²) in [4.78, 5) is 13.8. The number of carbonyl (C=O) groups is 1. The fraction of sp³-hybridized carbons (Fsp3) is 0.250. The van der Waals surface area contributed by atoms with Gasteiger partial charge in [0.25, 0.3) is 0 Å². The Labute approximate surface area is 101 Å². The number of hydrogen-bond donors (Lipinski definition) is 2. The number of H-pyrrole nitrogens is 1. The molecule has 6 heteroatoms. The van der Waals surface area contributed by atoms with Crippen molar-refractivity contribution in [1.82, 2.24) is 10.3 Å². The minimum Gasteiger partial charge on any atom is -0.358 e. The molecule has 2 N–H and O–H groups in total. The van der Waals surface area contributed by atoms with Crippen molar-refractivity contribution in [1.29, 1.82) is 0 Å². The summed E-state index contributed by atoms with van der Waals surface area (Å²) >= 11 is 0. The van der Waals surface area contributed by atoms with Crippen molar-refractivity contribution in [2.24, 2.45) is 0 Å². The zero-order valence-electron chi connectivity index (χ0n) is 9.56. The smallest absolute Gasteiger partial charge is 0.358 e. The normalized spacial score (nSPS) is 11.8. The van der Waals surface area contributed by atoms with E-state index in [-0.39, 0.29) is 6.54 Å². The number of hydrogen-bond acceptors (Lipinski definition) is 1. The number of aryl methyl sites for hydroxylation is 1. The fourth-order valence-electron chi connectivity index (χ4n) is 1.83. The van der Waals surface area contributed by atoms with E-state index in [2.05, 4.69) is 4.98 Å². The van der Waals surface area contributed by atoms with Crippen molar-refractivity contribution in [3.63, 3.8) is 0 Å². The molecule has 0 aliphatic heterocycles. The van der Waals surface area contributed by atoms with E-state index in [4.69, 9.17) is 0 Å². The van der Waals surface area contributed by atoms with Crippen molar-refractivity contribution in [3.8, 4) is 0 Å². The van der Waals surface area contributed by atoms with Crippen LogP contribution in [0.2, 0.25) is 0 Å². The molecule has 0 aliphatic carbocycles. The quantitative estimate of drug-likeness (QED) is 0.852. The van der Waals surface area contributed by atoms with Gasteiger partial charge in [0.2, 0.25) is 0 Å². The van der Waals surface area contributed by atoms with E-state index < -0.39 is 12.1 Å². The van der Waals surface area contributed by atoms with Gasteiger partial charge in [-0.3, -0.25) is 4.79 Å². The number of rotatable bonds is 2. The molecule has 0 aliphatic rings. The Balaban J connectivity index is 2.22. The van der Waals surface area contributed by atoms with Crippen LogP contribution in [0.15, 0.2) is 24.3 Å². The van der Waals surface area contributed by atoms with E-state index >= 15 is 0 Å². The highest BCUT2D eigenvalue weighted by atomic mass is 19.4. The third-order valence-corrected chi connectivity index (χ3v) is 2.71. The minimum absolute atomic E-state index is 0.145. The summed E-state index contributed by atoms with van der Waals surface area (Å²) in [5.74, 6) is -1.92. The van der Waals surface area contributed by atoms with Crippen molar-refractivity contribution in [3.05, 3.63) is 35.5 Å². The number of amides is 1. The molecular formula is C12H11F3N2O. The predicted octanol–water partition coefficient (Wildman–Crippen LogP) is 2.65. The molecule has 0 spiro atoms. The topological polar surface area (TPSA) is 44.9 Å². The van der Waals surface area contributed by atoms with Crippen LogP contribution in [0.1, 0.15) is 11.3 Å². The van der Waals surface area contributed by atoms with Crippen molar-refractivity contribution < 1.29 is 18.0 Å². The molecule has 1 aromatic heterocycles. The maximum atomic E-state index is 12.1. The molecule has 1 aromatic carbocycles. The lowest BCUT2D eigenvalue weighted by molar-refractivity contribution is -0.173. The first-order valence-corrected chi connectivity index (χ1v) is 5.31. The summed E-state index contributed by atoms with van der Waals surface area (Å²) < 4.78 is 36.2. The Hall–Kier alpha value is -1.98. The second kappa shape index (κ2) is 4.36. The molecule has 1 heterocycles. The number of benzene rings is 1. The number of carbonyl (C=O) groups excluding carboxylic acids is 1. The average Bonchev–Trinajstić information content (AvgIpc) is 2.60. The van der Waals surface area contributed by atoms with Gasteiger partial charge in [0.15, 0.2) is 0 Å². The van der Waals surface area contributed by atoms with Gasteiger partial charge in [-0.15, -0.1) is 0 Å². The summed E-state index contributed by atoms with van der Waals surface area (Å²) in [6.45, 7) is 1.61. The zero-order chi connectivity index (χ0) is 13.3. The lowest BCUT2D eigenvalue weighted by Crippen LogP contribution is -2.36. The summed E-state index contributed by atoms with van der Waals surface area (Å²) in [6, 6.07) is 7.26. The van der Waals surface area contributed by atoms with Crippen molar-refractivity contribution >= 4 is 16.8 Å². The van der Waals surface area contributed by atoms with Crippen LogP contribution in [0, 0.1) is 6.92 Å². The average molecular weight is 256 g/mol. The molecular weight excluding hydrogens is 245 g/mol. The molecule has 96 valence electrons. The molecule has 2 aromatic rings. The highest BCUT2D eigenvalue weighted by molar-refractivity contribution is 5.86. The van der Waals surface area contributed by atoms with Gasteiger partial charge in [0.1, 0.15) is 0 Å². The van der Waals surface area contributed by atoms with Crippen molar-refractivity contribution in [2.45, 2.75) is 19.6 Å². The number of aromatic nitrogens is 1. The van der Waals surface area contributed by atoms with Gasteiger partial charge in [0.05, 0.1) is 0 Å². The van der Waals surface area contributed by atoms with Gasteiger partial charge in [-0.1, -0.05) is 18.2 Å². The largest absolute Gasteiger partial charge is 0.471 e. The summed E-state index contributed by atoms with van der Waals surface area (Å²) in [6.07, 6.45) is -4.85. The molecule has 18 heavy (non-hydrogen) atoms. The van der Waals surface area contributed by atoms with Gasteiger partial charge in [0, 0.05) is 23.1 Å². The third-order valence-electron chi connectivity index (χ3n) is 2.71. The maximum Gasteiger partial charge on any atom is 0.471 e. The number of alkyl halides is 3. The molecule has 3 nitrogen and oxygen atoms in total. The number of halogens is 3. The van der Waals surface area contributed by atoms with E-state index in [9.17, 15) is 18.0 Å².